The summed E-state index contributed by atoms with van der Waals surface area (Å²) in [5.74, 6) is -0.362. The van der Waals surface area contributed by atoms with Crippen LogP contribution in [0.5, 0.6) is 0 Å². The Balaban J connectivity index is 2.05. The predicted molar refractivity (Wildman–Crippen MR) is 77.5 cm³/mol. The van der Waals surface area contributed by atoms with Gasteiger partial charge in [0.05, 0.1) is 18.3 Å². The minimum Gasteiger partial charge on any atom is -0.361 e. The van der Waals surface area contributed by atoms with Crippen LogP contribution in [0.4, 0.5) is 0 Å². The van der Waals surface area contributed by atoms with Crippen molar-refractivity contribution in [3.63, 3.8) is 0 Å². The third-order valence-electron chi connectivity index (χ3n) is 2.97. The highest BCUT2D eigenvalue weighted by atomic mass is 32.2. The number of nitrogens with one attached hydrogen (secondary N) is 1. The molecule has 0 aliphatic rings. The molecule has 0 aliphatic carbocycles. The Hall–Kier alpha value is -2.16. The first-order valence-corrected chi connectivity index (χ1v) is 8.34. The number of hydrogen-bond donors (Lipinski definition) is 1. The molecule has 9 heteroatoms. The van der Waals surface area contributed by atoms with Crippen LogP contribution in [-0.4, -0.2) is 29.3 Å². The molecule has 0 saturated heterocycles. The predicted octanol–water partition coefficient (Wildman–Crippen LogP) is 1.06. The van der Waals surface area contributed by atoms with Gasteiger partial charge in [0.15, 0.2) is 0 Å². The molecule has 2 aromatic rings. The summed E-state index contributed by atoms with van der Waals surface area (Å²) in [6, 6.07) is 1.66. The van der Waals surface area contributed by atoms with Gasteiger partial charge >= 0.3 is 0 Å². The Morgan fingerprint density at radius 1 is 1.45 bits per heavy atom. The molecule has 120 valence electrons. The molecule has 0 aromatic carbocycles. The van der Waals surface area contributed by atoms with E-state index in [4.69, 9.17) is 4.52 Å². The second-order valence-corrected chi connectivity index (χ2v) is 6.78. The normalized spacial score (nSPS) is 11.8. The number of aromatic nitrogens is 3. The average Bonchev–Trinajstić information content (AvgIpc) is 3.06. The maximum atomic E-state index is 12.1. The third-order valence-corrected chi connectivity index (χ3v) is 4.30. The molecule has 22 heavy (non-hydrogen) atoms. The Morgan fingerprint density at radius 2 is 2.18 bits per heavy atom. The molecule has 2 aromatic heterocycles. The number of aryl methyl sites for hydroxylation is 1. The van der Waals surface area contributed by atoms with E-state index in [2.05, 4.69) is 10.3 Å². The van der Waals surface area contributed by atoms with E-state index in [0.717, 1.165) is 0 Å². The van der Waals surface area contributed by atoms with Gasteiger partial charge in [0, 0.05) is 18.3 Å². The Bertz CT molecular complexity index is 761. The standard InChI is InChI=1S/C13H18N4O4S/c1-4-10-5-11(21-15-10)6-13(18)16-22(19,20)12-7-14-17(8-12)9(2)3/h5,7-9H,4,6H2,1-3H3,(H,16,18). The van der Waals surface area contributed by atoms with Crippen molar-refractivity contribution >= 4 is 15.9 Å². The Kier molecular flexibility index (Phi) is 4.65. The van der Waals surface area contributed by atoms with Gasteiger partial charge in [-0.05, 0) is 20.3 Å². The number of carbonyl (C=O) groups is 1. The average molecular weight is 326 g/mol. The minimum atomic E-state index is -3.94. The molecule has 1 N–H and O–H groups in total. The van der Waals surface area contributed by atoms with Crippen molar-refractivity contribution in [1.82, 2.24) is 19.7 Å². The lowest BCUT2D eigenvalue weighted by Crippen LogP contribution is -2.31. The quantitative estimate of drug-likeness (QED) is 0.850. The van der Waals surface area contributed by atoms with Gasteiger partial charge in [-0.3, -0.25) is 9.48 Å². The van der Waals surface area contributed by atoms with Crippen LogP contribution >= 0.6 is 0 Å². The van der Waals surface area contributed by atoms with E-state index in [1.807, 2.05) is 25.5 Å². The van der Waals surface area contributed by atoms with Crippen molar-refractivity contribution in [2.45, 2.75) is 44.6 Å². The van der Waals surface area contributed by atoms with E-state index >= 15 is 0 Å². The number of nitrogens with zero attached hydrogens (tertiary/aromatic N) is 3. The van der Waals surface area contributed by atoms with Gasteiger partial charge < -0.3 is 4.52 Å². The zero-order valence-electron chi connectivity index (χ0n) is 12.6. The van der Waals surface area contributed by atoms with Crippen LogP contribution in [0.15, 0.2) is 27.9 Å². The Morgan fingerprint density at radius 3 is 2.73 bits per heavy atom. The smallest absolute Gasteiger partial charge is 0.267 e. The topological polar surface area (TPSA) is 107 Å². The van der Waals surface area contributed by atoms with Crippen molar-refractivity contribution in [1.29, 1.82) is 0 Å². The van der Waals surface area contributed by atoms with E-state index in [1.165, 1.54) is 17.1 Å². The molecule has 2 heterocycles. The van der Waals surface area contributed by atoms with Crippen molar-refractivity contribution in [3.8, 4) is 0 Å². The first-order valence-electron chi connectivity index (χ1n) is 6.86. The molecule has 0 spiro atoms. The summed E-state index contributed by atoms with van der Waals surface area (Å²) >= 11 is 0. The maximum Gasteiger partial charge on any atom is 0.267 e. The molecule has 0 saturated carbocycles. The van der Waals surface area contributed by atoms with E-state index in [-0.39, 0.29) is 17.4 Å². The molecule has 0 aliphatic heterocycles. The van der Waals surface area contributed by atoms with Gasteiger partial charge in [0.1, 0.15) is 10.7 Å². The fourth-order valence-electron chi connectivity index (χ4n) is 1.75. The van der Waals surface area contributed by atoms with Gasteiger partial charge in [-0.25, -0.2) is 13.1 Å². The highest BCUT2D eigenvalue weighted by molar-refractivity contribution is 7.90. The fraction of sp³-hybridized carbons (Fsp3) is 0.462. The van der Waals surface area contributed by atoms with E-state index in [9.17, 15) is 13.2 Å². The minimum absolute atomic E-state index is 0.0290. The van der Waals surface area contributed by atoms with Gasteiger partial charge in [-0.15, -0.1) is 0 Å². The maximum absolute atomic E-state index is 12.1. The summed E-state index contributed by atoms with van der Waals surface area (Å²) in [5.41, 5.74) is 0.712. The van der Waals surface area contributed by atoms with Crippen LogP contribution in [0, 0.1) is 0 Å². The number of sulfonamides is 1. The van der Waals surface area contributed by atoms with Gasteiger partial charge in [0.25, 0.3) is 10.0 Å². The van der Waals surface area contributed by atoms with E-state index < -0.39 is 15.9 Å². The number of hydrogen-bond acceptors (Lipinski definition) is 6. The lowest BCUT2D eigenvalue weighted by atomic mass is 10.2. The molecule has 1 amide bonds. The van der Waals surface area contributed by atoms with Crippen LogP contribution in [0.25, 0.3) is 0 Å². The summed E-state index contributed by atoms with van der Waals surface area (Å²) in [4.78, 5) is 11.8. The van der Waals surface area contributed by atoms with Crippen LogP contribution < -0.4 is 4.72 Å². The summed E-state index contributed by atoms with van der Waals surface area (Å²) < 4.78 is 32.7. The summed E-state index contributed by atoms with van der Waals surface area (Å²) in [6.45, 7) is 5.65. The molecule has 8 nitrogen and oxygen atoms in total. The van der Waals surface area contributed by atoms with Crippen molar-refractivity contribution in [2.75, 3.05) is 0 Å². The first-order chi connectivity index (χ1) is 10.3. The first kappa shape index (κ1) is 16.2. The molecular formula is C13H18N4O4S. The van der Waals surface area contributed by atoms with Gasteiger partial charge in [0.2, 0.25) is 5.91 Å². The molecule has 0 fully saturated rings. The lowest BCUT2D eigenvalue weighted by molar-refractivity contribution is -0.119. The Labute approximate surface area is 128 Å². The summed E-state index contributed by atoms with van der Waals surface area (Å²) in [7, 11) is -3.94. The van der Waals surface area contributed by atoms with Crippen LogP contribution in [0.3, 0.4) is 0 Å². The summed E-state index contributed by atoms with van der Waals surface area (Å²) in [6.07, 6.45) is 3.07. The second-order valence-electron chi connectivity index (χ2n) is 5.09. The number of amides is 1. The number of carbonyl (C=O) groups excluding carboxylic acids is 1. The zero-order valence-corrected chi connectivity index (χ0v) is 13.4. The van der Waals surface area contributed by atoms with Gasteiger partial charge in [-0.2, -0.15) is 5.10 Å². The monoisotopic (exact) mass is 326 g/mol. The molecule has 0 atom stereocenters. The number of rotatable bonds is 6. The molecule has 2 rings (SSSR count). The third kappa shape index (κ3) is 3.73. The molecule has 0 unspecified atom stereocenters. The van der Waals surface area contributed by atoms with E-state index in [1.54, 1.807) is 6.07 Å². The van der Waals surface area contributed by atoms with Crippen LogP contribution in [0.1, 0.15) is 38.3 Å². The van der Waals surface area contributed by atoms with Crippen LogP contribution in [-0.2, 0) is 27.7 Å². The summed E-state index contributed by atoms with van der Waals surface area (Å²) in [5, 5.41) is 7.69. The largest absolute Gasteiger partial charge is 0.361 e. The van der Waals surface area contributed by atoms with Gasteiger partial charge in [-0.1, -0.05) is 12.1 Å². The molecule has 0 bridgehead atoms. The second kappa shape index (κ2) is 6.30. The van der Waals surface area contributed by atoms with E-state index in [0.29, 0.717) is 17.9 Å². The van der Waals surface area contributed by atoms with Crippen molar-refractivity contribution in [2.24, 2.45) is 0 Å². The molecular weight excluding hydrogens is 308 g/mol. The zero-order chi connectivity index (χ0) is 16.3. The van der Waals surface area contributed by atoms with Crippen molar-refractivity contribution in [3.05, 3.63) is 29.9 Å². The fourth-order valence-corrected chi connectivity index (χ4v) is 2.67. The van der Waals surface area contributed by atoms with Crippen molar-refractivity contribution < 1.29 is 17.7 Å². The highest BCUT2D eigenvalue weighted by Crippen LogP contribution is 2.11. The SMILES string of the molecule is CCc1cc(CC(=O)NS(=O)(=O)c2cnn(C(C)C)c2)on1. The lowest BCUT2D eigenvalue weighted by Gasteiger charge is -2.04. The van der Waals surface area contributed by atoms with Crippen LogP contribution in [0.2, 0.25) is 0 Å². The highest BCUT2D eigenvalue weighted by Gasteiger charge is 2.21. The molecule has 0 radical (unpaired) electrons.